The molecule has 10 heteroatoms. The summed E-state index contributed by atoms with van der Waals surface area (Å²) in [6.07, 6.45) is 0.857. The summed E-state index contributed by atoms with van der Waals surface area (Å²) < 4.78 is 27.0. The summed E-state index contributed by atoms with van der Waals surface area (Å²) in [7, 11) is 0. The highest BCUT2D eigenvalue weighted by Gasteiger charge is 2.41. The number of carbonyl (C=O) groups is 2. The van der Waals surface area contributed by atoms with Crippen LogP contribution < -0.4 is 10.2 Å². The van der Waals surface area contributed by atoms with Crippen LogP contribution in [0.25, 0.3) is 0 Å². The Kier molecular flexibility index (Phi) is 4.89. The molecule has 2 aliphatic heterocycles. The highest BCUT2D eigenvalue weighted by atomic mass is 79.9. The van der Waals surface area contributed by atoms with E-state index in [1.165, 1.54) is 11.1 Å². The van der Waals surface area contributed by atoms with Crippen LogP contribution in [0, 0.1) is 0 Å². The highest BCUT2D eigenvalue weighted by Crippen LogP contribution is 2.32. The molecule has 2 fully saturated rings. The average molecular weight is 432 g/mol. The molecule has 2 aliphatic rings. The second-order valence-electron chi connectivity index (χ2n) is 6.98. The van der Waals surface area contributed by atoms with Gasteiger partial charge in [0.1, 0.15) is 15.8 Å². The van der Waals surface area contributed by atoms with E-state index >= 15 is 0 Å². The second kappa shape index (κ2) is 6.71. The van der Waals surface area contributed by atoms with Crippen LogP contribution in [0.2, 0.25) is 0 Å². The number of halogens is 3. The van der Waals surface area contributed by atoms with E-state index in [-0.39, 0.29) is 37.5 Å². The quantitative estimate of drug-likeness (QED) is 0.772. The normalized spacial score (nSPS) is 22.1. The molecule has 0 atom stereocenters. The zero-order valence-electron chi connectivity index (χ0n) is 14.6. The number of carbonyl (C=O) groups excluding carboxylic acids is 2. The van der Waals surface area contributed by atoms with Crippen molar-refractivity contribution in [3.63, 3.8) is 0 Å². The minimum Gasteiger partial charge on any atom is -0.354 e. The molecule has 0 bridgehead atoms. The lowest BCUT2D eigenvalue weighted by atomic mass is 9.98. The van der Waals surface area contributed by atoms with E-state index in [4.69, 9.17) is 0 Å². The van der Waals surface area contributed by atoms with Gasteiger partial charge in [0.15, 0.2) is 5.82 Å². The molecular formula is C16H20BrF2N5O2. The lowest BCUT2D eigenvalue weighted by Gasteiger charge is -2.40. The predicted molar refractivity (Wildman–Crippen MR) is 94.3 cm³/mol. The molecule has 0 saturated carbocycles. The number of hydrogen-bond acceptors (Lipinski definition) is 5. The van der Waals surface area contributed by atoms with Crippen molar-refractivity contribution in [2.45, 2.75) is 38.2 Å². The number of nitrogens with one attached hydrogen (secondary N) is 1. The molecular weight excluding hydrogens is 412 g/mol. The summed E-state index contributed by atoms with van der Waals surface area (Å²) in [5, 5.41) is 2.73. The molecule has 1 aromatic rings. The van der Waals surface area contributed by atoms with Gasteiger partial charge in [-0.3, -0.25) is 9.59 Å². The maximum atomic E-state index is 13.3. The lowest BCUT2D eigenvalue weighted by Crippen LogP contribution is -2.63. The topological polar surface area (TPSA) is 78.4 Å². The van der Waals surface area contributed by atoms with Crippen LogP contribution in [0.5, 0.6) is 0 Å². The Morgan fingerprint density at radius 3 is 2.54 bits per heavy atom. The second-order valence-corrected chi connectivity index (χ2v) is 7.74. The standard InChI is InChI=1S/C16H20BrF2N5O2/c1-15(2)14(26)20-5-8-24(15)13(25)10-9-21-12(11(17)22-10)23-6-3-16(18,19)4-7-23/h9H,3-8H2,1-2H3,(H,20,26). The SMILES string of the molecule is CC1(C)C(=O)NCCN1C(=O)c1cnc(N2CCC(F)(F)CC2)c(Br)n1. The van der Waals surface area contributed by atoms with Gasteiger partial charge in [-0.25, -0.2) is 18.7 Å². The number of anilines is 1. The van der Waals surface area contributed by atoms with Gasteiger partial charge in [0.25, 0.3) is 11.8 Å². The number of hydrogen-bond donors (Lipinski definition) is 1. The fourth-order valence-electron chi connectivity index (χ4n) is 3.11. The Labute approximate surface area is 158 Å². The minimum absolute atomic E-state index is 0.103. The zero-order chi connectivity index (χ0) is 19.1. The van der Waals surface area contributed by atoms with Crippen molar-refractivity contribution in [1.29, 1.82) is 0 Å². The van der Waals surface area contributed by atoms with E-state index in [1.54, 1.807) is 18.7 Å². The Morgan fingerprint density at radius 2 is 1.92 bits per heavy atom. The van der Waals surface area contributed by atoms with Crippen molar-refractivity contribution in [2.24, 2.45) is 0 Å². The fraction of sp³-hybridized carbons (Fsp3) is 0.625. The van der Waals surface area contributed by atoms with E-state index in [9.17, 15) is 18.4 Å². The number of amides is 2. The first-order valence-electron chi connectivity index (χ1n) is 8.37. The number of alkyl halides is 2. The van der Waals surface area contributed by atoms with E-state index in [0.29, 0.717) is 23.5 Å². The Bertz CT molecular complexity index is 733. The first-order valence-corrected chi connectivity index (χ1v) is 9.17. The van der Waals surface area contributed by atoms with Gasteiger partial charge in [-0.2, -0.15) is 0 Å². The molecule has 7 nitrogen and oxygen atoms in total. The third kappa shape index (κ3) is 3.51. The average Bonchev–Trinajstić information content (AvgIpc) is 2.57. The van der Waals surface area contributed by atoms with Crippen molar-refractivity contribution in [2.75, 3.05) is 31.1 Å². The molecule has 2 saturated heterocycles. The molecule has 3 heterocycles. The number of nitrogens with zero attached hydrogens (tertiary/aromatic N) is 4. The molecule has 142 valence electrons. The largest absolute Gasteiger partial charge is 0.354 e. The van der Waals surface area contributed by atoms with Gasteiger partial charge in [-0.05, 0) is 29.8 Å². The van der Waals surface area contributed by atoms with Crippen molar-refractivity contribution >= 4 is 33.6 Å². The summed E-state index contributed by atoms with van der Waals surface area (Å²) >= 11 is 3.29. The van der Waals surface area contributed by atoms with Crippen LogP contribution >= 0.6 is 15.9 Å². The Balaban J connectivity index is 1.79. The lowest BCUT2D eigenvalue weighted by molar-refractivity contribution is -0.133. The summed E-state index contributed by atoms with van der Waals surface area (Å²) in [5.41, 5.74) is -0.883. The van der Waals surface area contributed by atoms with Crippen molar-refractivity contribution in [3.05, 3.63) is 16.5 Å². The van der Waals surface area contributed by atoms with Gasteiger partial charge < -0.3 is 15.1 Å². The fourth-order valence-corrected chi connectivity index (χ4v) is 3.66. The molecule has 0 radical (unpaired) electrons. The zero-order valence-corrected chi connectivity index (χ0v) is 16.1. The van der Waals surface area contributed by atoms with Crippen LogP contribution in [0.15, 0.2) is 10.8 Å². The summed E-state index contributed by atoms with van der Waals surface area (Å²) in [4.78, 5) is 36.5. The number of piperidine rings is 1. The number of piperazine rings is 1. The highest BCUT2D eigenvalue weighted by molar-refractivity contribution is 9.10. The van der Waals surface area contributed by atoms with Crippen LogP contribution in [-0.4, -0.2) is 64.3 Å². The van der Waals surface area contributed by atoms with Gasteiger partial charge in [0.05, 0.1) is 6.20 Å². The summed E-state index contributed by atoms with van der Waals surface area (Å²) in [5.74, 6) is -2.83. The van der Waals surface area contributed by atoms with E-state index in [2.05, 4.69) is 31.2 Å². The molecule has 1 N–H and O–H groups in total. The molecule has 0 unspecified atom stereocenters. The Morgan fingerprint density at radius 1 is 1.27 bits per heavy atom. The first kappa shape index (κ1) is 18.9. The van der Waals surface area contributed by atoms with Gasteiger partial charge in [-0.15, -0.1) is 0 Å². The van der Waals surface area contributed by atoms with Crippen molar-refractivity contribution in [1.82, 2.24) is 20.2 Å². The summed E-state index contributed by atoms with van der Waals surface area (Å²) in [6, 6.07) is 0. The van der Waals surface area contributed by atoms with Crippen LogP contribution in [0.1, 0.15) is 37.2 Å². The monoisotopic (exact) mass is 431 g/mol. The molecule has 3 rings (SSSR count). The molecule has 0 aliphatic carbocycles. The number of aromatic nitrogens is 2. The molecule has 2 amide bonds. The van der Waals surface area contributed by atoms with Crippen LogP contribution in [0.3, 0.4) is 0 Å². The van der Waals surface area contributed by atoms with E-state index in [0.717, 1.165) is 0 Å². The van der Waals surface area contributed by atoms with E-state index < -0.39 is 17.4 Å². The van der Waals surface area contributed by atoms with Crippen molar-refractivity contribution < 1.29 is 18.4 Å². The van der Waals surface area contributed by atoms with Gasteiger partial charge >= 0.3 is 0 Å². The van der Waals surface area contributed by atoms with Gasteiger partial charge in [0, 0.05) is 39.0 Å². The van der Waals surface area contributed by atoms with Gasteiger partial charge in [0.2, 0.25) is 5.91 Å². The molecule has 26 heavy (non-hydrogen) atoms. The van der Waals surface area contributed by atoms with Crippen LogP contribution in [0.4, 0.5) is 14.6 Å². The third-order valence-corrected chi connectivity index (χ3v) is 5.35. The maximum Gasteiger partial charge on any atom is 0.275 e. The Hall–Kier alpha value is -1.84. The predicted octanol–water partition coefficient (Wildman–Crippen LogP) is 1.83. The van der Waals surface area contributed by atoms with Crippen LogP contribution in [-0.2, 0) is 4.79 Å². The molecule has 0 spiro atoms. The summed E-state index contributed by atoms with van der Waals surface area (Å²) in [6.45, 7) is 4.44. The van der Waals surface area contributed by atoms with E-state index in [1.807, 2.05) is 0 Å². The minimum atomic E-state index is -2.65. The maximum absolute atomic E-state index is 13.3. The smallest absolute Gasteiger partial charge is 0.275 e. The third-order valence-electron chi connectivity index (χ3n) is 4.82. The first-order chi connectivity index (χ1) is 12.1. The molecule has 1 aromatic heterocycles. The van der Waals surface area contributed by atoms with Crippen molar-refractivity contribution in [3.8, 4) is 0 Å². The van der Waals surface area contributed by atoms with Gasteiger partial charge in [-0.1, -0.05) is 0 Å². The number of rotatable bonds is 2. The molecule has 0 aromatic carbocycles.